The highest BCUT2D eigenvalue weighted by Crippen LogP contribution is 2.28. The number of carbonyl (C=O) groups is 3. The molecule has 0 saturated carbocycles. The molecule has 1 aliphatic rings. The second-order valence-electron chi connectivity index (χ2n) is 9.03. The zero-order valence-electron chi connectivity index (χ0n) is 20.1. The van der Waals surface area contributed by atoms with Gasteiger partial charge in [0, 0.05) is 12.4 Å². The van der Waals surface area contributed by atoms with E-state index in [0.717, 1.165) is 5.56 Å². The number of hydrogen-bond acceptors (Lipinski definition) is 7. The van der Waals surface area contributed by atoms with Crippen LogP contribution in [-0.4, -0.2) is 40.8 Å². The van der Waals surface area contributed by atoms with Gasteiger partial charge in [0.1, 0.15) is 11.4 Å². The van der Waals surface area contributed by atoms with E-state index in [-0.39, 0.29) is 23.7 Å². The number of carbonyl (C=O) groups excluding carboxylic acids is 3. The van der Waals surface area contributed by atoms with Crippen LogP contribution in [-0.2, 0) is 15.9 Å². The summed E-state index contributed by atoms with van der Waals surface area (Å²) in [5.41, 5.74) is 6.85. The summed E-state index contributed by atoms with van der Waals surface area (Å²) in [4.78, 5) is 46.8. The average Bonchev–Trinajstić information content (AvgIpc) is 2.87. The molecule has 9 nitrogen and oxygen atoms in total. The van der Waals surface area contributed by atoms with Crippen LogP contribution in [0.4, 0.5) is 0 Å². The van der Waals surface area contributed by atoms with Gasteiger partial charge in [-0.25, -0.2) is 9.78 Å². The first-order valence-electron chi connectivity index (χ1n) is 11.7. The monoisotopic (exact) mass is 486 g/mol. The van der Waals surface area contributed by atoms with Gasteiger partial charge >= 0.3 is 13.1 Å². The number of rotatable bonds is 9. The number of aromatic nitrogens is 2. The molecule has 0 saturated heterocycles. The summed E-state index contributed by atoms with van der Waals surface area (Å²) in [6.45, 7) is 3.99. The molecule has 0 unspecified atom stereocenters. The van der Waals surface area contributed by atoms with Gasteiger partial charge in [-0.1, -0.05) is 56.3 Å². The van der Waals surface area contributed by atoms with E-state index in [0.29, 0.717) is 17.7 Å². The Labute approximate surface area is 209 Å². The molecule has 2 aromatic carbocycles. The summed E-state index contributed by atoms with van der Waals surface area (Å²) >= 11 is 0. The summed E-state index contributed by atoms with van der Waals surface area (Å²) in [7, 11) is -1.02. The van der Waals surface area contributed by atoms with E-state index in [1.807, 2.05) is 44.2 Å². The Kier molecular flexibility index (Phi) is 7.63. The highest BCUT2D eigenvalue weighted by molar-refractivity contribution is 6.51. The van der Waals surface area contributed by atoms with Crippen molar-refractivity contribution in [3.05, 3.63) is 89.5 Å². The number of benzene rings is 2. The fourth-order valence-electron chi connectivity index (χ4n) is 4.21. The molecule has 0 fully saturated rings. The molecule has 0 radical (unpaired) electrons. The molecule has 2 atom stereocenters. The quantitative estimate of drug-likeness (QED) is 0.444. The Bertz CT molecular complexity index is 1250. The third-order valence-electron chi connectivity index (χ3n) is 5.84. The summed E-state index contributed by atoms with van der Waals surface area (Å²) in [5.74, 6) is -2.68. The lowest BCUT2D eigenvalue weighted by Crippen LogP contribution is -2.55. The molecular formula is C26H27BN4O5. The van der Waals surface area contributed by atoms with Gasteiger partial charge in [0.15, 0.2) is 0 Å². The van der Waals surface area contributed by atoms with Crippen molar-refractivity contribution in [3.63, 3.8) is 0 Å². The fraction of sp³-hybridized carbons (Fsp3) is 0.269. The molecule has 36 heavy (non-hydrogen) atoms. The van der Waals surface area contributed by atoms with Gasteiger partial charge in [0.2, 0.25) is 5.91 Å². The number of para-hydroxylation sites is 1. The number of nitrogens with two attached hydrogens (primary N) is 1. The number of primary amides is 1. The minimum atomic E-state index is -1.02. The highest BCUT2D eigenvalue weighted by atomic mass is 16.6. The maximum atomic E-state index is 13.8. The standard InChI is InChI=1S/C26H27BN4O5/c1-16(2)14-21(27-35-20-11-7-6-10-18(20)26(34)36-27)31-25(33)19(15-17-8-4-3-5-9-17)22-23(24(28)32)30-13-12-29-22/h3-13,16,19,21H,14-15H2,1-2H3,(H2,28,32)(H,31,33)/t19-,21-/m0/s1. The summed E-state index contributed by atoms with van der Waals surface area (Å²) in [6.07, 6.45) is 3.51. The van der Waals surface area contributed by atoms with Gasteiger partial charge in [0.05, 0.1) is 23.1 Å². The van der Waals surface area contributed by atoms with Crippen molar-refractivity contribution >= 4 is 24.9 Å². The van der Waals surface area contributed by atoms with Crippen LogP contribution in [0.1, 0.15) is 58.3 Å². The van der Waals surface area contributed by atoms with Gasteiger partial charge in [-0.15, -0.1) is 0 Å². The normalized spacial score (nSPS) is 14.3. The molecule has 184 valence electrons. The fourth-order valence-corrected chi connectivity index (χ4v) is 4.21. The number of nitrogens with one attached hydrogen (secondary N) is 1. The van der Waals surface area contributed by atoms with Gasteiger partial charge < -0.3 is 20.4 Å². The second kappa shape index (κ2) is 11.0. The second-order valence-corrected chi connectivity index (χ2v) is 9.03. The molecular weight excluding hydrogens is 459 g/mol. The van der Waals surface area contributed by atoms with Crippen LogP contribution in [0, 0.1) is 5.92 Å². The van der Waals surface area contributed by atoms with E-state index in [2.05, 4.69) is 15.3 Å². The smallest absolute Gasteiger partial charge is 0.524 e. The van der Waals surface area contributed by atoms with Crippen molar-refractivity contribution in [3.8, 4) is 5.75 Å². The van der Waals surface area contributed by atoms with Crippen molar-refractivity contribution < 1.29 is 23.7 Å². The van der Waals surface area contributed by atoms with Crippen LogP contribution in [0.3, 0.4) is 0 Å². The van der Waals surface area contributed by atoms with Crippen molar-refractivity contribution in [1.82, 2.24) is 15.3 Å². The third-order valence-corrected chi connectivity index (χ3v) is 5.84. The van der Waals surface area contributed by atoms with E-state index in [1.165, 1.54) is 12.4 Å². The largest absolute Gasteiger partial charge is 0.620 e. The highest BCUT2D eigenvalue weighted by Gasteiger charge is 2.43. The third kappa shape index (κ3) is 5.71. The van der Waals surface area contributed by atoms with Crippen LogP contribution < -0.4 is 15.7 Å². The number of amides is 2. The Morgan fingerprint density at radius 2 is 1.69 bits per heavy atom. The lowest BCUT2D eigenvalue weighted by atomic mass is 9.72. The average molecular weight is 486 g/mol. The first-order valence-corrected chi connectivity index (χ1v) is 11.7. The molecule has 10 heteroatoms. The molecule has 0 bridgehead atoms. The van der Waals surface area contributed by atoms with Crippen LogP contribution in [0.25, 0.3) is 0 Å². The minimum Gasteiger partial charge on any atom is -0.524 e. The van der Waals surface area contributed by atoms with Crippen LogP contribution in [0.2, 0.25) is 0 Å². The summed E-state index contributed by atoms with van der Waals surface area (Å²) in [5, 5.41) is 2.99. The predicted octanol–water partition coefficient (Wildman–Crippen LogP) is 2.71. The van der Waals surface area contributed by atoms with Gasteiger partial charge in [-0.3, -0.25) is 14.6 Å². The molecule has 2 heterocycles. The minimum absolute atomic E-state index is 0.0664. The van der Waals surface area contributed by atoms with Crippen LogP contribution in [0.5, 0.6) is 5.75 Å². The van der Waals surface area contributed by atoms with E-state index < -0.39 is 36.8 Å². The molecule has 2 amide bonds. The Morgan fingerprint density at radius 3 is 2.42 bits per heavy atom. The van der Waals surface area contributed by atoms with E-state index in [1.54, 1.807) is 24.3 Å². The molecule has 1 aliphatic heterocycles. The molecule has 3 N–H and O–H groups in total. The van der Waals surface area contributed by atoms with Gasteiger partial charge in [-0.2, -0.15) is 0 Å². The van der Waals surface area contributed by atoms with Gasteiger partial charge in [-0.05, 0) is 36.5 Å². The topological polar surface area (TPSA) is 134 Å². The van der Waals surface area contributed by atoms with E-state index in [4.69, 9.17) is 15.0 Å². The predicted molar refractivity (Wildman–Crippen MR) is 133 cm³/mol. The lowest BCUT2D eigenvalue weighted by Gasteiger charge is -2.30. The SMILES string of the molecule is CC(C)C[C@H](NC(=O)[C@@H](Cc1ccccc1)c1nccnc1C(N)=O)B1OC(=O)c2ccccc2O1. The molecule has 3 aromatic rings. The van der Waals surface area contributed by atoms with E-state index in [9.17, 15) is 14.4 Å². The maximum Gasteiger partial charge on any atom is 0.620 e. The molecule has 1 aromatic heterocycles. The zero-order chi connectivity index (χ0) is 25.7. The first kappa shape index (κ1) is 24.9. The molecule has 4 rings (SSSR count). The zero-order valence-corrected chi connectivity index (χ0v) is 20.1. The Morgan fingerprint density at radius 1 is 1.00 bits per heavy atom. The van der Waals surface area contributed by atoms with Gasteiger partial charge in [0.25, 0.3) is 5.91 Å². The molecule has 0 aliphatic carbocycles. The maximum absolute atomic E-state index is 13.8. The summed E-state index contributed by atoms with van der Waals surface area (Å²) < 4.78 is 11.5. The van der Waals surface area contributed by atoms with Crippen molar-refractivity contribution in [1.29, 1.82) is 0 Å². The van der Waals surface area contributed by atoms with Crippen molar-refractivity contribution in [2.45, 2.75) is 38.5 Å². The number of nitrogens with zero attached hydrogens (tertiary/aromatic N) is 2. The van der Waals surface area contributed by atoms with E-state index >= 15 is 0 Å². The number of fused-ring (bicyclic) bond motifs is 1. The lowest BCUT2D eigenvalue weighted by molar-refractivity contribution is -0.123. The Balaban J connectivity index is 1.65. The number of hydrogen-bond donors (Lipinski definition) is 2. The molecule has 0 spiro atoms. The summed E-state index contributed by atoms with van der Waals surface area (Å²) in [6, 6.07) is 16.2. The van der Waals surface area contributed by atoms with Crippen LogP contribution in [0.15, 0.2) is 67.0 Å². The van der Waals surface area contributed by atoms with Crippen molar-refractivity contribution in [2.24, 2.45) is 11.7 Å². The van der Waals surface area contributed by atoms with Crippen LogP contribution >= 0.6 is 0 Å². The first-order chi connectivity index (χ1) is 17.3. The van der Waals surface area contributed by atoms with Crippen molar-refractivity contribution in [2.75, 3.05) is 0 Å². The Hall–Kier alpha value is -4.21.